The lowest BCUT2D eigenvalue weighted by Gasteiger charge is -2.11. The van der Waals surface area contributed by atoms with Gasteiger partial charge in [-0.25, -0.2) is 0 Å². The molecule has 92 valence electrons. The molecule has 1 aliphatic rings. The number of nitrogens with two attached hydrogens (primary N) is 1. The molecule has 2 rings (SSSR count). The molecule has 1 aromatic rings. The maximum atomic E-state index is 7.55. The van der Waals surface area contributed by atoms with Crippen LogP contribution in [-0.4, -0.2) is 24.3 Å². The zero-order valence-corrected chi connectivity index (χ0v) is 11.8. The number of amidine groups is 1. The van der Waals surface area contributed by atoms with Gasteiger partial charge in [0.05, 0.1) is 6.10 Å². The normalized spacial score (nSPS) is 19.5. The molecule has 1 aromatic carbocycles. The van der Waals surface area contributed by atoms with Gasteiger partial charge in [0.15, 0.2) is 0 Å². The fourth-order valence-electron chi connectivity index (χ4n) is 1.80. The Labute approximate surface area is 114 Å². The van der Waals surface area contributed by atoms with Gasteiger partial charge in [-0.1, -0.05) is 15.9 Å². The van der Waals surface area contributed by atoms with E-state index in [1.807, 2.05) is 18.2 Å². The second kappa shape index (κ2) is 5.89. The highest BCUT2D eigenvalue weighted by atomic mass is 79.9. The highest BCUT2D eigenvalue weighted by Gasteiger charge is 2.16. The molecule has 0 amide bonds. The van der Waals surface area contributed by atoms with Crippen molar-refractivity contribution in [1.29, 1.82) is 5.41 Å². The Hall–Kier alpha value is -0.520. The first-order chi connectivity index (χ1) is 8.16. The van der Waals surface area contributed by atoms with Crippen molar-refractivity contribution in [3.63, 3.8) is 0 Å². The van der Waals surface area contributed by atoms with Crippen molar-refractivity contribution in [2.24, 2.45) is 5.73 Å². The summed E-state index contributed by atoms with van der Waals surface area (Å²) >= 11 is 5.15. The monoisotopic (exact) mass is 314 g/mol. The Morgan fingerprint density at radius 3 is 3.06 bits per heavy atom. The van der Waals surface area contributed by atoms with Gasteiger partial charge in [0.25, 0.3) is 0 Å². The number of hydrogen-bond acceptors (Lipinski definition) is 3. The summed E-state index contributed by atoms with van der Waals surface area (Å²) in [5, 5.41) is 7.55. The lowest BCUT2D eigenvalue weighted by atomic mass is 10.2. The van der Waals surface area contributed by atoms with Crippen LogP contribution in [0, 0.1) is 5.41 Å². The van der Waals surface area contributed by atoms with Crippen LogP contribution in [0.15, 0.2) is 27.6 Å². The molecule has 0 radical (unpaired) electrons. The summed E-state index contributed by atoms with van der Waals surface area (Å²) in [7, 11) is 0. The molecular formula is C12H15BrN2OS. The maximum absolute atomic E-state index is 7.55. The molecule has 5 heteroatoms. The lowest BCUT2D eigenvalue weighted by Crippen LogP contribution is -2.13. The third kappa shape index (κ3) is 3.47. The summed E-state index contributed by atoms with van der Waals surface area (Å²) in [5.74, 6) is 1.05. The van der Waals surface area contributed by atoms with E-state index in [2.05, 4.69) is 15.9 Å². The van der Waals surface area contributed by atoms with E-state index in [-0.39, 0.29) is 5.84 Å². The van der Waals surface area contributed by atoms with Crippen molar-refractivity contribution in [3.05, 3.63) is 28.2 Å². The second-order valence-electron chi connectivity index (χ2n) is 4.00. The average Bonchev–Trinajstić information content (AvgIpc) is 2.78. The molecule has 1 saturated heterocycles. The smallest absolute Gasteiger partial charge is 0.123 e. The first-order valence-corrected chi connectivity index (χ1v) is 7.33. The van der Waals surface area contributed by atoms with Gasteiger partial charge in [0.2, 0.25) is 0 Å². The minimum Gasteiger partial charge on any atom is -0.384 e. The Morgan fingerprint density at radius 2 is 2.41 bits per heavy atom. The van der Waals surface area contributed by atoms with Gasteiger partial charge in [0.1, 0.15) is 5.84 Å². The molecule has 0 spiro atoms. The van der Waals surface area contributed by atoms with Gasteiger partial charge in [0, 0.05) is 27.3 Å². The van der Waals surface area contributed by atoms with Crippen LogP contribution in [0.4, 0.5) is 0 Å². The summed E-state index contributed by atoms with van der Waals surface area (Å²) in [6.07, 6.45) is 2.64. The number of thioether (sulfide) groups is 1. The SMILES string of the molecule is N=C(N)c1ccc(Br)cc1SCC1CCCO1. The highest BCUT2D eigenvalue weighted by molar-refractivity contribution is 9.10. The molecular weight excluding hydrogens is 300 g/mol. The van der Waals surface area contributed by atoms with Crippen molar-refractivity contribution < 1.29 is 4.74 Å². The molecule has 0 aliphatic carbocycles. The van der Waals surface area contributed by atoms with Crippen LogP contribution in [0.5, 0.6) is 0 Å². The predicted molar refractivity (Wildman–Crippen MR) is 74.9 cm³/mol. The summed E-state index contributed by atoms with van der Waals surface area (Å²) < 4.78 is 6.60. The van der Waals surface area contributed by atoms with Gasteiger partial charge in [-0.3, -0.25) is 5.41 Å². The molecule has 1 unspecified atom stereocenters. The van der Waals surface area contributed by atoms with Crippen LogP contribution >= 0.6 is 27.7 Å². The summed E-state index contributed by atoms with van der Waals surface area (Å²) in [4.78, 5) is 1.04. The molecule has 0 aromatic heterocycles. The summed E-state index contributed by atoms with van der Waals surface area (Å²) in [6.45, 7) is 0.878. The minimum atomic E-state index is 0.118. The first kappa shape index (κ1) is 12.9. The Morgan fingerprint density at radius 1 is 1.59 bits per heavy atom. The lowest BCUT2D eigenvalue weighted by molar-refractivity contribution is 0.129. The molecule has 0 saturated carbocycles. The van der Waals surface area contributed by atoms with E-state index in [9.17, 15) is 0 Å². The first-order valence-electron chi connectivity index (χ1n) is 5.55. The Kier molecular flexibility index (Phi) is 4.48. The number of nitrogens with one attached hydrogen (secondary N) is 1. The van der Waals surface area contributed by atoms with Crippen molar-refractivity contribution in [3.8, 4) is 0 Å². The average molecular weight is 315 g/mol. The fraction of sp³-hybridized carbons (Fsp3) is 0.417. The van der Waals surface area contributed by atoms with Gasteiger partial charge in [-0.2, -0.15) is 0 Å². The zero-order chi connectivity index (χ0) is 12.3. The van der Waals surface area contributed by atoms with Crippen molar-refractivity contribution in [2.45, 2.75) is 23.8 Å². The summed E-state index contributed by atoms with van der Waals surface area (Å²) in [5.41, 5.74) is 6.37. The molecule has 0 bridgehead atoms. The van der Waals surface area contributed by atoms with Crippen LogP contribution < -0.4 is 5.73 Å². The van der Waals surface area contributed by atoms with E-state index < -0.39 is 0 Å². The van der Waals surface area contributed by atoms with Gasteiger partial charge < -0.3 is 10.5 Å². The predicted octanol–water partition coefficient (Wildman–Crippen LogP) is 3.00. The number of nitrogen functional groups attached to an aromatic ring is 1. The number of ether oxygens (including phenoxy) is 1. The Balaban J connectivity index is 2.07. The molecule has 3 nitrogen and oxygen atoms in total. The minimum absolute atomic E-state index is 0.118. The number of benzene rings is 1. The molecule has 3 N–H and O–H groups in total. The number of hydrogen-bond donors (Lipinski definition) is 2. The van der Waals surface area contributed by atoms with Crippen LogP contribution in [0.2, 0.25) is 0 Å². The number of rotatable bonds is 4. The molecule has 1 fully saturated rings. The molecule has 17 heavy (non-hydrogen) atoms. The van der Waals surface area contributed by atoms with Gasteiger partial charge >= 0.3 is 0 Å². The van der Waals surface area contributed by atoms with Crippen LogP contribution in [-0.2, 0) is 4.74 Å². The van der Waals surface area contributed by atoms with E-state index >= 15 is 0 Å². The van der Waals surface area contributed by atoms with Gasteiger partial charge in [-0.15, -0.1) is 11.8 Å². The highest BCUT2D eigenvalue weighted by Crippen LogP contribution is 2.29. The van der Waals surface area contributed by atoms with Crippen LogP contribution in [0.25, 0.3) is 0 Å². The third-order valence-electron chi connectivity index (χ3n) is 2.68. The van der Waals surface area contributed by atoms with E-state index in [1.165, 1.54) is 0 Å². The number of halogens is 1. The fourth-order valence-corrected chi connectivity index (χ4v) is 3.48. The third-order valence-corrected chi connectivity index (χ3v) is 4.36. The van der Waals surface area contributed by atoms with Crippen LogP contribution in [0.1, 0.15) is 18.4 Å². The zero-order valence-electron chi connectivity index (χ0n) is 9.41. The molecule has 1 aliphatic heterocycles. The van der Waals surface area contributed by atoms with E-state index in [1.54, 1.807) is 11.8 Å². The van der Waals surface area contributed by atoms with E-state index in [0.717, 1.165) is 40.1 Å². The summed E-state index contributed by atoms with van der Waals surface area (Å²) in [6, 6.07) is 5.80. The quantitative estimate of drug-likeness (QED) is 0.510. The van der Waals surface area contributed by atoms with Crippen molar-refractivity contribution in [2.75, 3.05) is 12.4 Å². The topological polar surface area (TPSA) is 59.1 Å². The molecule has 1 heterocycles. The van der Waals surface area contributed by atoms with Crippen molar-refractivity contribution >= 4 is 33.5 Å². The molecule has 1 atom stereocenters. The van der Waals surface area contributed by atoms with Crippen molar-refractivity contribution in [1.82, 2.24) is 0 Å². The second-order valence-corrected chi connectivity index (χ2v) is 5.98. The van der Waals surface area contributed by atoms with E-state index in [0.29, 0.717) is 6.10 Å². The standard InChI is InChI=1S/C12H15BrN2OS/c13-8-3-4-10(12(14)15)11(6-8)17-7-9-2-1-5-16-9/h3-4,6,9H,1-2,5,7H2,(H3,14,15). The largest absolute Gasteiger partial charge is 0.384 e. The maximum Gasteiger partial charge on any atom is 0.123 e. The van der Waals surface area contributed by atoms with Crippen LogP contribution in [0.3, 0.4) is 0 Å². The Bertz CT molecular complexity index is 419. The van der Waals surface area contributed by atoms with Gasteiger partial charge in [-0.05, 0) is 31.0 Å². The van der Waals surface area contributed by atoms with E-state index in [4.69, 9.17) is 15.9 Å².